The number of fused-ring (bicyclic) bond motifs is 2. The molecule has 3 aromatic rings. The number of nitrogens with zero attached hydrogens (tertiary/aromatic N) is 2. The fourth-order valence-corrected chi connectivity index (χ4v) is 5.21. The number of aryl methyl sites for hydroxylation is 1. The van der Waals surface area contributed by atoms with Crippen LogP contribution in [0, 0.1) is 6.92 Å². The van der Waals surface area contributed by atoms with E-state index in [-0.39, 0.29) is 0 Å². The van der Waals surface area contributed by atoms with Crippen LogP contribution in [0.25, 0.3) is 10.2 Å². The van der Waals surface area contributed by atoms with Crippen LogP contribution in [0.4, 0.5) is 0 Å². The van der Waals surface area contributed by atoms with E-state index in [4.69, 9.17) is 4.74 Å². The van der Waals surface area contributed by atoms with Crippen molar-refractivity contribution in [2.45, 2.75) is 38.5 Å². The first-order valence-electron chi connectivity index (χ1n) is 9.84. The minimum atomic E-state index is 0.612. The summed E-state index contributed by atoms with van der Waals surface area (Å²) in [6.07, 6.45) is 4.76. The Morgan fingerprint density at radius 3 is 3.00 bits per heavy atom. The van der Waals surface area contributed by atoms with E-state index < -0.39 is 0 Å². The lowest BCUT2D eigenvalue weighted by atomic mass is 9.82. The van der Waals surface area contributed by atoms with Crippen LogP contribution in [-0.4, -0.2) is 37.1 Å². The molecule has 0 fully saturated rings. The third-order valence-corrected chi connectivity index (χ3v) is 6.62. The third kappa shape index (κ3) is 4.02. The number of thiazole rings is 1. The molecule has 3 nitrogen and oxygen atoms in total. The van der Waals surface area contributed by atoms with Gasteiger partial charge in [0.15, 0.2) is 0 Å². The lowest BCUT2D eigenvalue weighted by Gasteiger charge is -2.30. The van der Waals surface area contributed by atoms with Gasteiger partial charge in [-0.3, -0.25) is 0 Å². The second-order valence-corrected chi connectivity index (χ2v) is 8.90. The first-order valence-corrected chi connectivity index (χ1v) is 10.7. The first-order chi connectivity index (χ1) is 13.1. The number of aromatic nitrogens is 1. The van der Waals surface area contributed by atoms with Crippen LogP contribution < -0.4 is 4.74 Å². The number of methoxy groups -OCH3 is 1. The zero-order valence-electron chi connectivity index (χ0n) is 16.5. The van der Waals surface area contributed by atoms with Crippen molar-refractivity contribution in [2.24, 2.45) is 0 Å². The van der Waals surface area contributed by atoms with Gasteiger partial charge in [0.1, 0.15) is 5.75 Å². The van der Waals surface area contributed by atoms with E-state index in [9.17, 15) is 0 Å². The molecule has 0 N–H and O–H groups in total. The molecule has 142 valence electrons. The predicted molar refractivity (Wildman–Crippen MR) is 114 cm³/mol. The molecule has 0 spiro atoms. The van der Waals surface area contributed by atoms with Gasteiger partial charge >= 0.3 is 0 Å². The van der Waals surface area contributed by atoms with Crippen molar-refractivity contribution in [3.05, 3.63) is 58.1 Å². The van der Waals surface area contributed by atoms with Gasteiger partial charge < -0.3 is 9.64 Å². The van der Waals surface area contributed by atoms with E-state index in [2.05, 4.69) is 60.3 Å². The Bertz CT molecular complexity index is 933. The quantitative estimate of drug-likeness (QED) is 0.587. The monoisotopic (exact) mass is 380 g/mol. The average molecular weight is 381 g/mol. The molecule has 0 saturated carbocycles. The number of hydrogen-bond acceptors (Lipinski definition) is 4. The third-order valence-electron chi connectivity index (χ3n) is 5.68. The minimum Gasteiger partial charge on any atom is -0.496 e. The minimum absolute atomic E-state index is 0.612. The molecule has 1 aliphatic rings. The van der Waals surface area contributed by atoms with Gasteiger partial charge in [-0.2, -0.15) is 0 Å². The fraction of sp³-hybridized carbons (Fsp3) is 0.435. The Kier molecular flexibility index (Phi) is 5.46. The molecule has 0 unspecified atom stereocenters. The Balaban J connectivity index is 1.40. The van der Waals surface area contributed by atoms with Crippen LogP contribution in [0.2, 0.25) is 0 Å². The number of hydrogen-bond donors (Lipinski definition) is 0. The van der Waals surface area contributed by atoms with Crippen molar-refractivity contribution >= 4 is 21.6 Å². The van der Waals surface area contributed by atoms with Gasteiger partial charge in [0.25, 0.3) is 0 Å². The second kappa shape index (κ2) is 7.99. The van der Waals surface area contributed by atoms with E-state index in [1.807, 2.05) is 0 Å². The highest BCUT2D eigenvalue weighted by atomic mass is 32.1. The summed E-state index contributed by atoms with van der Waals surface area (Å²) in [5, 5.41) is 1.14. The van der Waals surface area contributed by atoms with Gasteiger partial charge in [-0.05, 0) is 80.5 Å². The smallest absolute Gasteiger partial charge is 0.122 e. The van der Waals surface area contributed by atoms with Crippen LogP contribution in [0.15, 0.2) is 36.4 Å². The van der Waals surface area contributed by atoms with E-state index in [1.165, 1.54) is 34.2 Å². The molecule has 27 heavy (non-hydrogen) atoms. The highest BCUT2D eigenvalue weighted by Crippen LogP contribution is 2.36. The topological polar surface area (TPSA) is 25.4 Å². The van der Waals surface area contributed by atoms with Crippen LogP contribution in [0.1, 0.15) is 40.5 Å². The van der Waals surface area contributed by atoms with Crippen molar-refractivity contribution in [3.63, 3.8) is 0 Å². The molecule has 1 aromatic heterocycles. The highest BCUT2D eigenvalue weighted by Gasteiger charge is 2.23. The van der Waals surface area contributed by atoms with Crippen LogP contribution in [-0.2, 0) is 12.8 Å². The summed E-state index contributed by atoms with van der Waals surface area (Å²) in [6.45, 7) is 4.27. The van der Waals surface area contributed by atoms with Gasteiger partial charge in [-0.25, -0.2) is 4.98 Å². The molecular weight excluding hydrogens is 352 g/mol. The summed E-state index contributed by atoms with van der Waals surface area (Å²) in [5.41, 5.74) is 5.45. The Hall–Kier alpha value is -1.91. The van der Waals surface area contributed by atoms with Crippen molar-refractivity contribution in [3.8, 4) is 5.75 Å². The van der Waals surface area contributed by atoms with Gasteiger partial charge in [0, 0.05) is 13.1 Å². The summed E-state index contributed by atoms with van der Waals surface area (Å²) in [7, 11) is 4.04. The van der Waals surface area contributed by atoms with Crippen LogP contribution in [0.5, 0.6) is 5.75 Å². The Labute approximate surface area is 166 Å². The molecule has 2 aromatic carbocycles. The first kappa shape index (κ1) is 18.5. The van der Waals surface area contributed by atoms with E-state index >= 15 is 0 Å². The number of benzene rings is 2. The molecule has 1 heterocycles. The molecule has 0 amide bonds. The van der Waals surface area contributed by atoms with E-state index in [0.29, 0.717) is 5.92 Å². The summed E-state index contributed by atoms with van der Waals surface area (Å²) in [6, 6.07) is 13.3. The lowest BCUT2D eigenvalue weighted by Crippen LogP contribution is -2.28. The van der Waals surface area contributed by atoms with Gasteiger partial charge in [0.2, 0.25) is 0 Å². The second-order valence-electron chi connectivity index (χ2n) is 7.66. The molecule has 0 bridgehead atoms. The van der Waals surface area contributed by atoms with E-state index in [1.54, 1.807) is 18.4 Å². The molecule has 4 rings (SSSR count). The summed E-state index contributed by atoms with van der Waals surface area (Å²) >= 11 is 1.79. The zero-order valence-corrected chi connectivity index (χ0v) is 17.3. The average Bonchev–Trinajstić information content (AvgIpc) is 3.05. The molecule has 1 atom stereocenters. The van der Waals surface area contributed by atoms with Crippen molar-refractivity contribution < 1.29 is 4.74 Å². The van der Waals surface area contributed by atoms with Gasteiger partial charge in [-0.1, -0.05) is 18.2 Å². The van der Waals surface area contributed by atoms with Crippen LogP contribution in [0.3, 0.4) is 0 Å². The summed E-state index contributed by atoms with van der Waals surface area (Å²) in [5.74, 6) is 1.67. The predicted octanol–water partition coefficient (Wildman–Crippen LogP) is 5.21. The maximum atomic E-state index is 5.59. The van der Waals surface area contributed by atoms with Crippen molar-refractivity contribution in [1.82, 2.24) is 9.88 Å². The Morgan fingerprint density at radius 2 is 2.15 bits per heavy atom. The molecule has 0 aliphatic heterocycles. The maximum Gasteiger partial charge on any atom is 0.122 e. The standard InChI is InChI=1S/C23H28N2OS/c1-16-24-21-11-10-17(14-23(21)27-16)12-13-25(2)15-18-6-4-8-20-19(18)7-5-9-22(20)26-3/h5,7,9-11,14,18H,4,6,8,12-13,15H2,1-3H3/t18-/m0/s1. The lowest BCUT2D eigenvalue weighted by molar-refractivity contribution is 0.299. The fourth-order valence-electron chi connectivity index (χ4n) is 4.32. The van der Waals surface area contributed by atoms with Crippen molar-refractivity contribution in [1.29, 1.82) is 0 Å². The molecular formula is C23H28N2OS. The molecule has 1 aliphatic carbocycles. The zero-order chi connectivity index (χ0) is 18.8. The SMILES string of the molecule is COc1cccc2c1CCC[C@H]2CN(C)CCc1ccc2nc(C)sc2c1. The summed E-state index contributed by atoms with van der Waals surface area (Å²) in [4.78, 5) is 7.05. The maximum absolute atomic E-state index is 5.59. The molecule has 0 saturated heterocycles. The Morgan fingerprint density at radius 1 is 1.26 bits per heavy atom. The van der Waals surface area contributed by atoms with Crippen molar-refractivity contribution in [2.75, 3.05) is 27.2 Å². The molecule has 4 heteroatoms. The number of rotatable bonds is 6. The van der Waals surface area contributed by atoms with Crippen LogP contribution >= 0.6 is 11.3 Å². The van der Waals surface area contributed by atoms with E-state index in [0.717, 1.165) is 42.2 Å². The normalized spacial score (nSPS) is 16.7. The highest BCUT2D eigenvalue weighted by molar-refractivity contribution is 7.18. The largest absolute Gasteiger partial charge is 0.496 e. The summed E-state index contributed by atoms with van der Waals surface area (Å²) < 4.78 is 6.90. The van der Waals surface area contributed by atoms with Gasteiger partial charge in [0.05, 0.1) is 22.3 Å². The molecule has 0 radical (unpaired) electrons. The number of ether oxygens (including phenoxy) is 1. The number of likely N-dealkylation sites (N-methyl/N-ethyl adjacent to an activating group) is 1. The van der Waals surface area contributed by atoms with Gasteiger partial charge in [-0.15, -0.1) is 11.3 Å².